The average molecular weight is 490 g/mol. The van der Waals surface area contributed by atoms with Crippen molar-refractivity contribution in [3.05, 3.63) is 61.6 Å². The van der Waals surface area contributed by atoms with Gasteiger partial charge in [-0.1, -0.05) is 15.9 Å². The quantitative estimate of drug-likeness (QED) is 0.295. The summed E-state index contributed by atoms with van der Waals surface area (Å²) >= 11 is 3.34. The Morgan fingerprint density at radius 2 is 1.74 bits per heavy atom. The van der Waals surface area contributed by atoms with Crippen LogP contribution in [0.5, 0.6) is 11.5 Å². The first-order valence-corrected chi connectivity index (χ1v) is 9.55. The molecule has 160 valence electrons. The van der Waals surface area contributed by atoms with Crippen molar-refractivity contribution in [1.82, 2.24) is 5.32 Å². The Morgan fingerprint density at radius 3 is 2.32 bits per heavy atom. The lowest BCUT2D eigenvalue weighted by Gasteiger charge is -2.26. The normalized spacial score (nSPS) is 15.2. The lowest BCUT2D eigenvalue weighted by molar-refractivity contribution is -0.385. The van der Waals surface area contributed by atoms with Crippen LogP contribution in [0.15, 0.2) is 40.4 Å². The fourth-order valence-corrected chi connectivity index (χ4v) is 3.22. The maximum atomic E-state index is 13.0. The molecule has 0 aromatic heterocycles. The molecule has 0 atom stereocenters. The minimum atomic E-state index is -0.968. The number of nitrogens with one attached hydrogen (secondary N) is 1. The van der Waals surface area contributed by atoms with Gasteiger partial charge in [-0.3, -0.25) is 25.0 Å². The first kappa shape index (κ1) is 22.0. The van der Waals surface area contributed by atoms with Gasteiger partial charge in [0.05, 0.1) is 36.5 Å². The third-order valence-electron chi connectivity index (χ3n) is 4.53. The Hall–Kier alpha value is -3.73. The van der Waals surface area contributed by atoms with E-state index in [0.717, 1.165) is 27.1 Å². The average Bonchev–Trinajstić information content (AvgIpc) is 2.72. The largest absolute Gasteiger partial charge is 0.493 e. The number of urea groups is 1. The van der Waals surface area contributed by atoms with Gasteiger partial charge in [-0.15, -0.1) is 0 Å². The van der Waals surface area contributed by atoms with Crippen molar-refractivity contribution in [3.8, 4) is 11.5 Å². The van der Waals surface area contributed by atoms with Crippen molar-refractivity contribution in [1.29, 1.82) is 0 Å². The highest BCUT2D eigenvalue weighted by Crippen LogP contribution is 2.36. The molecule has 4 amide bonds. The zero-order chi connectivity index (χ0) is 22.9. The smallest absolute Gasteiger partial charge is 0.335 e. The molecule has 1 saturated heterocycles. The van der Waals surface area contributed by atoms with Crippen LogP contribution >= 0.6 is 15.9 Å². The minimum Gasteiger partial charge on any atom is -0.493 e. The fraction of sp³-hybridized carbons (Fsp3) is 0.150. The van der Waals surface area contributed by atoms with Crippen LogP contribution in [0.3, 0.4) is 0 Å². The second kappa shape index (κ2) is 8.56. The van der Waals surface area contributed by atoms with Gasteiger partial charge in [0.25, 0.3) is 17.5 Å². The summed E-state index contributed by atoms with van der Waals surface area (Å²) in [6.07, 6.45) is 1.04. The number of nitrogens with zero attached hydrogens (tertiary/aromatic N) is 2. The van der Waals surface area contributed by atoms with Crippen LogP contribution in [0.2, 0.25) is 0 Å². The number of barbiturate groups is 1. The van der Waals surface area contributed by atoms with Gasteiger partial charge in [0.1, 0.15) is 5.57 Å². The van der Waals surface area contributed by atoms with Crippen molar-refractivity contribution in [3.63, 3.8) is 0 Å². The van der Waals surface area contributed by atoms with Crippen LogP contribution in [-0.2, 0) is 9.59 Å². The van der Waals surface area contributed by atoms with Crippen molar-refractivity contribution in [2.75, 3.05) is 19.1 Å². The highest BCUT2D eigenvalue weighted by molar-refractivity contribution is 9.10. The maximum Gasteiger partial charge on any atom is 0.335 e. The Labute approximate surface area is 184 Å². The molecule has 0 bridgehead atoms. The molecule has 1 heterocycles. The summed E-state index contributed by atoms with van der Waals surface area (Å²) in [6, 6.07) is 6.25. The van der Waals surface area contributed by atoms with E-state index >= 15 is 0 Å². The first-order chi connectivity index (χ1) is 14.7. The number of halogens is 1. The van der Waals surface area contributed by atoms with Gasteiger partial charge in [0.15, 0.2) is 11.5 Å². The molecule has 31 heavy (non-hydrogen) atoms. The number of aryl methyl sites for hydroxylation is 1. The fourth-order valence-electron chi connectivity index (χ4n) is 2.97. The van der Waals surface area contributed by atoms with Gasteiger partial charge in [-0.2, -0.15) is 0 Å². The van der Waals surface area contributed by atoms with Crippen molar-refractivity contribution in [2.45, 2.75) is 6.92 Å². The number of methoxy groups -OCH3 is 2. The van der Waals surface area contributed by atoms with Gasteiger partial charge in [0.2, 0.25) is 0 Å². The number of nitro groups is 1. The summed E-state index contributed by atoms with van der Waals surface area (Å²) in [5, 5.41) is 13.6. The standard InChI is InChI=1S/C20H16BrN3O7/c1-10-6-12(4-5-14(10)21)23-19(26)13(18(25)22-20(23)27)7-11-8-16(30-2)17(31-3)9-15(11)24(28)29/h4-9H,1-3H3,(H,22,25,27)/b13-7+. The Bertz CT molecular complexity index is 1160. The van der Waals surface area contributed by atoms with Gasteiger partial charge in [-0.25, -0.2) is 9.69 Å². The van der Waals surface area contributed by atoms with Crippen LogP contribution in [0.25, 0.3) is 6.08 Å². The second-order valence-corrected chi connectivity index (χ2v) is 7.27. The molecule has 0 radical (unpaired) electrons. The Morgan fingerprint density at radius 1 is 1.10 bits per heavy atom. The number of ether oxygens (including phenoxy) is 2. The molecule has 1 fully saturated rings. The summed E-state index contributed by atoms with van der Waals surface area (Å²) < 4.78 is 11.0. The summed E-state index contributed by atoms with van der Waals surface area (Å²) in [7, 11) is 2.66. The van der Waals surface area contributed by atoms with E-state index in [1.54, 1.807) is 19.1 Å². The van der Waals surface area contributed by atoms with Crippen LogP contribution in [-0.4, -0.2) is 37.0 Å². The molecule has 1 N–H and O–H groups in total. The van der Waals surface area contributed by atoms with Gasteiger partial charge in [0, 0.05) is 4.47 Å². The molecule has 1 aliphatic heterocycles. The van der Waals surface area contributed by atoms with E-state index in [0.29, 0.717) is 0 Å². The molecule has 0 aliphatic carbocycles. The number of rotatable bonds is 5. The molecule has 0 unspecified atom stereocenters. The molecule has 10 nitrogen and oxygen atoms in total. The van der Waals surface area contributed by atoms with E-state index < -0.39 is 34.0 Å². The lowest BCUT2D eigenvalue weighted by atomic mass is 10.0. The number of benzene rings is 2. The summed E-state index contributed by atoms with van der Waals surface area (Å²) in [5.41, 5.74) is 0.0751. The zero-order valence-electron chi connectivity index (χ0n) is 16.6. The molecule has 1 aliphatic rings. The third-order valence-corrected chi connectivity index (χ3v) is 5.42. The number of hydrogen-bond donors (Lipinski definition) is 1. The van der Waals surface area contributed by atoms with E-state index in [9.17, 15) is 24.5 Å². The second-order valence-electron chi connectivity index (χ2n) is 6.41. The molecule has 0 spiro atoms. The lowest BCUT2D eigenvalue weighted by Crippen LogP contribution is -2.54. The highest BCUT2D eigenvalue weighted by Gasteiger charge is 2.37. The van der Waals surface area contributed by atoms with Crippen LogP contribution in [0, 0.1) is 17.0 Å². The van der Waals surface area contributed by atoms with Crippen molar-refractivity contribution >= 4 is 51.2 Å². The molecule has 2 aromatic carbocycles. The van der Waals surface area contributed by atoms with Crippen molar-refractivity contribution in [2.24, 2.45) is 0 Å². The third kappa shape index (κ3) is 4.12. The van der Waals surface area contributed by atoms with Gasteiger partial charge >= 0.3 is 6.03 Å². The number of hydrogen-bond acceptors (Lipinski definition) is 7. The van der Waals surface area contributed by atoms with Gasteiger partial charge < -0.3 is 9.47 Å². The highest BCUT2D eigenvalue weighted by atomic mass is 79.9. The predicted molar refractivity (Wildman–Crippen MR) is 114 cm³/mol. The molecule has 2 aromatic rings. The molecule has 3 rings (SSSR count). The summed E-state index contributed by atoms with van der Waals surface area (Å²) in [5.74, 6) is -1.61. The van der Waals surface area contributed by atoms with E-state index in [-0.39, 0.29) is 22.7 Å². The van der Waals surface area contributed by atoms with E-state index in [1.807, 2.05) is 0 Å². The minimum absolute atomic E-state index is 0.0672. The summed E-state index contributed by atoms with van der Waals surface area (Å²) in [6.45, 7) is 1.77. The van der Waals surface area contributed by atoms with Crippen LogP contribution < -0.4 is 19.7 Å². The predicted octanol–water partition coefficient (Wildman–Crippen LogP) is 3.35. The molecule has 0 saturated carbocycles. The Kier molecular flexibility index (Phi) is 6.07. The number of imide groups is 2. The maximum absolute atomic E-state index is 13.0. The zero-order valence-corrected chi connectivity index (χ0v) is 18.2. The van der Waals surface area contributed by atoms with Gasteiger partial charge in [-0.05, 0) is 42.8 Å². The number of carbonyl (C=O) groups excluding carboxylic acids is 3. The molecular weight excluding hydrogens is 474 g/mol. The number of nitro benzene ring substituents is 1. The number of amides is 4. The monoisotopic (exact) mass is 489 g/mol. The van der Waals surface area contributed by atoms with E-state index in [1.165, 1.54) is 26.4 Å². The van der Waals surface area contributed by atoms with Crippen LogP contribution in [0.1, 0.15) is 11.1 Å². The van der Waals surface area contributed by atoms with E-state index in [4.69, 9.17) is 9.47 Å². The number of carbonyl (C=O) groups is 3. The number of anilines is 1. The van der Waals surface area contributed by atoms with Crippen molar-refractivity contribution < 1.29 is 28.8 Å². The molecule has 11 heteroatoms. The Balaban J connectivity index is 2.14. The van der Waals surface area contributed by atoms with Crippen LogP contribution in [0.4, 0.5) is 16.2 Å². The molecular formula is C20H16BrN3O7. The SMILES string of the molecule is COc1cc(/C=C2\C(=O)NC(=O)N(c3ccc(Br)c(C)c3)C2=O)c([N+](=O)[O-])cc1OC. The van der Waals surface area contributed by atoms with E-state index in [2.05, 4.69) is 21.2 Å². The topological polar surface area (TPSA) is 128 Å². The summed E-state index contributed by atoms with van der Waals surface area (Å²) in [4.78, 5) is 49.4. The first-order valence-electron chi connectivity index (χ1n) is 8.76.